The molecule has 0 radical (unpaired) electrons. The highest BCUT2D eigenvalue weighted by Gasteiger charge is 2.20. The Morgan fingerprint density at radius 2 is 1.80 bits per heavy atom. The van der Waals surface area contributed by atoms with E-state index >= 15 is 0 Å². The Balaban J connectivity index is 3.51. The van der Waals surface area contributed by atoms with Gasteiger partial charge in [-0.25, -0.2) is 4.79 Å². The topological polar surface area (TPSA) is 76.0 Å². The molecule has 1 aromatic rings. The van der Waals surface area contributed by atoms with E-state index in [-0.39, 0.29) is 28.4 Å². The third-order valence-corrected chi connectivity index (χ3v) is 2.13. The highest BCUT2D eigenvalue weighted by atomic mass is 16.5. The Kier molecular flexibility index (Phi) is 3.04. The van der Waals surface area contributed by atoms with Crippen molar-refractivity contribution in [3.8, 4) is 17.2 Å². The second-order valence-corrected chi connectivity index (χ2v) is 2.93. The average molecular weight is 212 g/mol. The third kappa shape index (κ3) is 1.81. The largest absolute Gasteiger partial charge is 0.504 e. The summed E-state index contributed by atoms with van der Waals surface area (Å²) in [6.45, 7) is 1.49. The first kappa shape index (κ1) is 11.2. The second kappa shape index (κ2) is 4.08. The number of rotatable bonds is 3. The predicted octanol–water partition coefficient (Wildman–Crippen LogP) is 1.42. The molecule has 0 amide bonds. The Labute approximate surface area is 86.9 Å². The highest BCUT2D eigenvalue weighted by molar-refractivity contribution is 5.94. The van der Waals surface area contributed by atoms with E-state index < -0.39 is 5.97 Å². The monoisotopic (exact) mass is 212 g/mol. The van der Waals surface area contributed by atoms with Crippen LogP contribution in [0.3, 0.4) is 0 Å². The van der Waals surface area contributed by atoms with Crippen molar-refractivity contribution in [3.05, 3.63) is 17.2 Å². The number of carboxylic acid groups (broad SMARTS) is 1. The standard InChI is InChI=1S/C10H12O5/c1-5-8(10(12)13)6(14-2)4-7(15-3)9(5)11/h4,11H,1-3H3,(H,12,13). The van der Waals surface area contributed by atoms with Gasteiger partial charge in [0.15, 0.2) is 11.5 Å². The molecule has 82 valence electrons. The van der Waals surface area contributed by atoms with Gasteiger partial charge in [-0.15, -0.1) is 0 Å². The van der Waals surface area contributed by atoms with Crippen LogP contribution in [0, 0.1) is 6.92 Å². The van der Waals surface area contributed by atoms with E-state index in [1.807, 2.05) is 0 Å². The van der Waals surface area contributed by atoms with Crippen LogP contribution in [0.4, 0.5) is 0 Å². The number of benzene rings is 1. The smallest absolute Gasteiger partial charge is 0.339 e. The highest BCUT2D eigenvalue weighted by Crippen LogP contribution is 2.37. The molecule has 0 aromatic heterocycles. The van der Waals surface area contributed by atoms with Crippen molar-refractivity contribution >= 4 is 5.97 Å². The van der Waals surface area contributed by atoms with Gasteiger partial charge in [-0.05, 0) is 6.92 Å². The Morgan fingerprint density at radius 3 is 2.20 bits per heavy atom. The third-order valence-electron chi connectivity index (χ3n) is 2.13. The summed E-state index contributed by atoms with van der Waals surface area (Å²) >= 11 is 0. The molecule has 0 aliphatic heterocycles. The zero-order valence-corrected chi connectivity index (χ0v) is 8.70. The maximum absolute atomic E-state index is 10.9. The number of ether oxygens (including phenoxy) is 2. The first-order chi connectivity index (χ1) is 7.02. The van der Waals surface area contributed by atoms with Crippen molar-refractivity contribution in [1.82, 2.24) is 0 Å². The van der Waals surface area contributed by atoms with Gasteiger partial charge >= 0.3 is 5.97 Å². The number of methoxy groups -OCH3 is 2. The summed E-state index contributed by atoms with van der Waals surface area (Å²) in [6.07, 6.45) is 0. The number of hydrogen-bond donors (Lipinski definition) is 2. The fraction of sp³-hybridized carbons (Fsp3) is 0.300. The zero-order valence-electron chi connectivity index (χ0n) is 8.70. The van der Waals surface area contributed by atoms with Crippen LogP contribution in [0.1, 0.15) is 15.9 Å². The summed E-state index contributed by atoms with van der Waals surface area (Å²) in [7, 11) is 2.74. The number of phenols is 1. The van der Waals surface area contributed by atoms with Gasteiger partial charge in [-0.3, -0.25) is 0 Å². The van der Waals surface area contributed by atoms with Crippen LogP contribution >= 0.6 is 0 Å². The van der Waals surface area contributed by atoms with Crippen LogP contribution in [-0.4, -0.2) is 30.4 Å². The molecular formula is C10H12O5. The number of aromatic carboxylic acids is 1. The molecule has 0 atom stereocenters. The lowest BCUT2D eigenvalue weighted by molar-refractivity contribution is 0.0692. The van der Waals surface area contributed by atoms with Crippen LogP contribution in [0.2, 0.25) is 0 Å². The van der Waals surface area contributed by atoms with E-state index in [1.165, 1.54) is 27.2 Å². The van der Waals surface area contributed by atoms with Crippen molar-refractivity contribution in [2.24, 2.45) is 0 Å². The summed E-state index contributed by atoms with van der Waals surface area (Å²) in [6, 6.07) is 1.34. The predicted molar refractivity (Wildman–Crippen MR) is 52.9 cm³/mol. The van der Waals surface area contributed by atoms with E-state index in [0.29, 0.717) is 0 Å². The van der Waals surface area contributed by atoms with E-state index in [0.717, 1.165) is 0 Å². The lowest BCUT2D eigenvalue weighted by Gasteiger charge is -2.12. The second-order valence-electron chi connectivity index (χ2n) is 2.93. The van der Waals surface area contributed by atoms with Gasteiger partial charge in [0.1, 0.15) is 11.3 Å². The van der Waals surface area contributed by atoms with Gasteiger partial charge in [0, 0.05) is 11.6 Å². The summed E-state index contributed by atoms with van der Waals surface area (Å²) in [5, 5.41) is 18.5. The molecular weight excluding hydrogens is 200 g/mol. The van der Waals surface area contributed by atoms with Crippen molar-refractivity contribution < 1.29 is 24.5 Å². The van der Waals surface area contributed by atoms with Crippen molar-refractivity contribution in [2.45, 2.75) is 6.92 Å². The lowest BCUT2D eigenvalue weighted by Crippen LogP contribution is -2.04. The fourth-order valence-corrected chi connectivity index (χ4v) is 1.33. The summed E-state index contributed by atoms with van der Waals surface area (Å²) in [5.74, 6) is -0.984. The number of phenolic OH excluding ortho intramolecular Hbond substituents is 1. The zero-order chi connectivity index (χ0) is 11.6. The molecule has 0 heterocycles. The fourth-order valence-electron chi connectivity index (χ4n) is 1.33. The summed E-state index contributed by atoms with van der Waals surface area (Å²) in [5.41, 5.74) is 0.162. The van der Waals surface area contributed by atoms with Gasteiger partial charge in [0.2, 0.25) is 0 Å². The molecule has 0 aliphatic carbocycles. The quantitative estimate of drug-likeness (QED) is 0.792. The van der Waals surface area contributed by atoms with Crippen molar-refractivity contribution in [3.63, 3.8) is 0 Å². The summed E-state index contributed by atoms with van der Waals surface area (Å²) in [4.78, 5) is 10.9. The summed E-state index contributed by atoms with van der Waals surface area (Å²) < 4.78 is 9.79. The molecule has 0 saturated carbocycles. The first-order valence-corrected chi connectivity index (χ1v) is 4.20. The lowest BCUT2D eigenvalue weighted by atomic mass is 10.1. The Morgan fingerprint density at radius 1 is 1.27 bits per heavy atom. The average Bonchev–Trinajstić information content (AvgIpc) is 2.20. The van der Waals surface area contributed by atoms with Gasteiger partial charge < -0.3 is 19.7 Å². The molecule has 5 heteroatoms. The molecule has 15 heavy (non-hydrogen) atoms. The molecule has 1 aromatic carbocycles. The minimum Gasteiger partial charge on any atom is -0.504 e. The van der Waals surface area contributed by atoms with Crippen LogP contribution in [0.25, 0.3) is 0 Å². The molecule has 5 nitrogen and oxygen atoms in total. The van der Waals surface area contributed by atoms with Crippen molar-refractivity contribution in [2.75, 3.05) is 14.2 Å². The maximum atomic E-state index is 10.9. The Hall–Kier alpha value is -1.91. The number of carbonyl (C=O) groups is 1. The van der Waals surface area contributed by atoms with E-state index in [2.05, 4.69) is 0 Å². The Bertz CT molecular complexity index is 397. The molecule has 0 aliphatic rings. The molecule has 1 rings (SSSR count). The van der Waals surface area contributed by atoms with E-state index in [1.54, 1.807) is 0 Å². The van der Waals surface area contributed by atoms with Gasteiger partial charge in [0.05, 0.1) is 14.2 Å². The number of aromatic hydroxyl groups is 1. The number of hydrogen-bond acceptors (Lipinski definition) is 4. The van der Waals surface area contributed by atoms with Crippen LogP contribution in [0.15, 0.2) is 6.07 Å². The molecule has 0 unspecified atom stereocenters. The molecule has 0 fully saturated rings. The van der Waals surface area contributed by atoms with Crippen LogP contribution in [0.5, 0.6) is 17.2 Å². The molecule has 2 N–H and O–H groups in total. The van der Waals surface area contributed by atoms with Gasteiger partial charge in [0.25, 0.3) is 0 Å². The van der Waals surface area contributed by atoms with Gasteiger partial charge in [-0.1, -0.05) is 0 Å². The van der Waals surface area contributed by atoms with Crippen LogP contribution in [-0.2, 0) is 0 Å². The van der Waals surface area contributed by atoms with Crippen molar-refractivity contribution in [1.29, 1.82) is 0 Å². The van der Waals surface area contributed by atoms with E-state index in [4.69, 9.17) is 14.6 Å². The van der Waals surface area contributed by atoms with Crippen LogP contribution < -0.4 is 9.47 Å². The minimum atomic E-state index is -1.15. The normalized spacial score (nSPS) is 9.80. The molecule has 0 spiro atoms. The number of carboxylic acids is 1. The minimum absolute atomic E-state index is 0.0594. The van der Waals surface area contributed by atoms with Gasteiger partial charge in [-0.2, -0.15) is 0 Å². The molecule has 0 saturated heterocycles. The molecule has 0 bridgehead atoms. The SMILES string of the molecule is COc1cc(OC)c(C(=O)O)c(C)c1O. The maximum Gasteiger partial charge on any atom is 0.339 e. The first-order valence-electron chi connectivity index (χ1n) is 4.20. The van der Waals surface area contributed by atoms with E-state index in [9.17, 15) is 9.90 Å².